The van der Waals surface area contributed by atoms with Crippen molar-refractivity contribution in [2.24, 2.45) is 0 Å². The molecule has 108 valence electrons. The molecule has 0 amide bonds. The fourth-order valence-electron chi connectivity index (χ4n) is 1.74. The Bertz CT molecular complexity index is 605. The topological polar surface area (TPSA) is 93.8 Å². The van der Waals surface area contributed by atoms with Crippen LogP contribution in [0.3, 0.4) is 0 Å². The van der Waals surface area contributed by atoms with Crippen LogP contribution in [-0.4, -0.2) is 36.3 Å². The Morgan fingerprint density at radius 2 is 2.10 bits per heavy atom. The molecule has 0 bridgehead atoms. The van der Waals surface area contributed by atoms with Gasteiger partial charge in [0.25, 0.3) is 0 Å². The predicted molar refractivity (Wildman–Crippen MR) is 74.5 cm³/mol. The van der Waals surface area contributed by atoms with E-state index in [-0.39, 0.29) is 11.6 Å². The van der Waals surface area contributed by atoms with Crippen molar-refractivity contribution in [3.63, 3.8) is 0 Å². The molecule has 0 aliphatic heterocycles. The van der Waals surface area contributed by atoms with E-state index in [1.165, 1.54) is 16.0 Å². The van der Waals surface area contributed by atoms with Gasteiger partial charge in [-0.25, -0.2) is 4.79 Å². The number of carboxylic acids is 1. The Morgan fingerprint density at radius 1 is 1.35 bits per heavy atom. The summed E-state index contributed by atoms with van der Waals surface area (Å²) in [6.07, 6.45) is 2.46. The first-order chi connectivity index (χ1) is 9.54. The van der Waals surface area contributed by atoms with Crippen LogP contribution in [0, 0.1) is 0 Å². The molecule has 1 N–H and O–H groups in total. The number of hydrogen-bond donors (Lipinski definition) is 1. The molecule has 0 aromatic carbocycles. The van der Waals surface area contributed by atoms with Gasteiger partial charge in [0.05, 0.1) is 5.69 Å². The van der Waals surface area contributed by atoms with Crippen LogP contribution < -0.4 is 0 Å². The summed E-state index contributed by atoms with van der Waals surface area (Å²) in [4.78, 5) is 11.2. The smallest absolute Gasteiger partial charge is 0.358 e. The van der Waals surface area contributed by atoms with Gasteiger partial charge in [-0.3, -0.25) is 0 Å². The summed E-state index contributed by atoms with van der Waals surface area (Å²) in [5, 5.41) is 26.5. The Morgan fingerprint density at radius 3 is 2.65 bits per heavy atom. The van der Waals surface area contributed by atoms with E-state index in [1.54, 1.807) is 0 Å². The minimum Gasteiger partial charge on any atom is -0.476 e. The van der Waals surface area contributed by atoms with E-state index in [2.05, 4.69) is 27.4 Å². The van der Waals surface area contributed by atoms with Gasteiger partial charge in [-0.2, -0.15) is 4.68 Å². The highest BCUT2D eigenvalue weighted by Gasteiger charge is 2.21. The highest BCUT2D eigenvalue weighted by atomic mass is 32.1. The fourth-order valence-corrected chi connectivity index (χ4v) is 2.55. The van der Waals surface area contributed by atoms with E-state index in [1.807, 2.05) is 13.8 Å². The maximum absolute atomic E-state index is 11.2. The van der Waals surface area contributed by atoms with Crippen molar-refractivity contribution >= 4 is 17.3 Å². The minimum absolute atomic E-state index is 0.000234. The van der Waals surface area contributed by atoms with Gasteiger partial charge in [0.15, 0.2) is 5.69 Å². The fraction of sp³-hybridized carbons (Fsp3) is 0.583. The van der Waals surface area contributed by atoms with E-state index in [0.29, 0.717) is 17.2 Å². The van der Waals surface area contributed by atoms with Crippen LogP contribution in [0.15, 0.2) is 0 Å². The van der Waals surface area contributed by atoms with E-state index in [9.17, 15) is 9.90 Å². The predicted octanol–water partition coefficient (Wildman–Crippen LogP) is 2.28. The highest BCUT2D eigenvalue weighted by Crippen LogP contribution is 2.23. The number of unbranched alkanes of at least 4 members (excludes halogenated alkanes) is 1. The molecule has 2 aromatic heterocycles. The summed E-state index contributed by atoms with van der Waals surface area (Å²) in [6, 6.07) is 0. The largest absolute Gasteiger partial charge is 0.476 e. The number of carbonyl (C=O) groups is 1. The monoisotopic (exact) mass is 295 g/mol. The Labute approximate surface area is 120 Å². The zero-order chi connectivity index (χ0) is 14.7. The van der Waals surface area contributed by atoms with Crippen LogP contribution >= 0.6 is 11.3 Å². The van der Waals surface area contributed by atoms with Crippen molar-refractivity contribution in [3.8, 4) is 5.13 Å². The maximum atomic E-state index is 11.2. The molecule has 0 atom stereocenters. The maximum Gasteiger partial charge on any atom is 0.358 e. The standard InChI is InChI=1S/C12H17N5O2S/c1-4-5-6-8-9(11(18)19)13-16-17(8)12-15-14-10(20-12)7(2)3/h7H,4-6H2,1-3H3,(H,18,19). The molecule has 0 aliphatic carbocycles. The Hall–Kier alpha value is -1.83. The van der Waals surface area contributed by atoms with Crippen molar-refractivity contribution in [2.75, 3.05) is 0 Å². The second kappa shape index (κ2) is 6.08. The number of hydrogen-bond acceptors (Lipinski definition) is 6. The normalized spacial score (nSPS) is 11.2. The molecule has 8 heteroatoms. The molecular weight excluding hydrogens is 278 g/mol. The third kappa shape index (κ3) is 2.84. The van der Waals surface area contributed by atoms with Crippen molar-refractivity contribution < 1.29 is 9.90 Å². The second-order valence-corrected chi connectivity index (χ2v) is 5.77. The van der Waals surface area contributed by atoms with Gasteiger partial charge in [0, 0.05) is 5.92 Å². The second-order valence-electron chi connectivity index (χ2n) is 4.78. The molecule has 0 saturated carbocycles. The molecule has 0 fully saturated rings. The Kier molecular flexibility index (Phi) is 4.43. The quantitative estimate of drug-likeness (QED) is 0.878. The number of nitrogens with zero attached hydrogens (tertiary/aromatic N) is 5. The van der Waals surface area contributed by atoms with Gasteiger partial charge < -0.3 is 5.11 Å². The molecular formula is C12H17N5O2S. The molecule has 0 spiro atoms. The van der Waals surface area contributed by atoms with Gasteiger partial charge in [-0.15, -0.1) is 15.3 Å². The zero-order valence-corrected chi connectivity index (χ0v) is 12.5. The van der Waals surface area contributed by atoms with Crippen LogP contribution in [0.4, 0.5) is 0 Å². The summed E-state index contributed by atoms with van der Waals surface area (Å²) in [6.45, 7) is 6.12. The summed E-state index contributed by atoms with van der Waals surface area (Å²) >= 11 is 1.41. The van der Waals surface area contributed by atoms with Gasteiger partial charge >= 0.3 is 5.97 Å². The average molecular weight is 295 g/mol. The Balaban J connectivity index is 2.41. The SMILES string of the molecule is CCCCc1c(C(=O)O)nnn1-c1nnc(C(C)C)s1. The van der Waals surface area contributed by atoms with Crippen LogP contribution in [-0.2, 0) is 6.42 Å². The number of aromatic carboxylic acids is 1. The minimum atomic E-state index is -1.06. The summed E-state index contributed by atoms with van der Waals surface area (Å²) in [7, 11) is 0. The van der Waals surface area contributed by atoms with Crippen molar-refractivity contribution in [1.82, 2.24) is 25.2 Å². The van der Waals surface area contributed by atoms with Crippen LogP contribution in [0.1, 0.15) is 60.7 Å². The molecule has 2 heterocycles. The van der Waals surface area contributed by atoms with E-state index in [0.717, 1.165) is 17.8 Å². The number of rotatable bonds is 6. The summed E-state index contributed by atoms with van der Waals surface area (Å²) in [5.74, 6) is -0.779. The average Bonchev–Trinajstić information content (AvgIpc) is 3.02. The lowest BCUT2D eigenvalue weighted by Gasteiger charge is -2.02. The van der Waals surface area contributed by atoms with Gasteiger partial charge in [0.1, 0.15) is 5.01 Å². The van der Waals surface area contributed by atoms with Crippen LogP contribution in [0.25, 0.3) is 5.13 Å². The molecule has 0 aliphatic rings. The van der Waals surface area contributed by atoms with Crippen molar-refractivity contribution in [3.05, 3.63) is 16.4 Å². The summed E-state index contributed by atoms with van der Waals surface area (Å²) < 4.78 is 1.50. The lowest BCUT2D eigenvalue weighted by atomic mass is 10.1. The van der Waals surface area contributed by atoms with Gasteiger partial charge in [-0.1, -0.05) is 43.7 Å². The third-order valence-corrected chi connectivity index (χ3v) is 4.04. The van der Waals surface area contributed by atoms with Crippen LogP contribution in [0.5, 0.6) is 0 Å². The molecule has 0 unspecified atom stereocenters. The molecule has 20 heavy (non-hydrogen) atoms. The van der Waals surface area contributed by atoms with Crippen molar-refractivity contribution in [2.45, 2.75) is 46.0 Å². The highest BCUT2D eigenvalue weighted by molar-refractivity contribution is 7.13. The first-order valence-corrected chi connectivity index (χ1v) is 7.37. The lowest BCUT2D eigenvalue weighted by molar-refractivity contribution is 0.0689. The third-order valence-electron chi connectivity index (χ3n) is 2.84. The number of carboxylic acid groups (broad SMARTS) is 1. The van der Waals surface area contributed by atoms with Crippen molar-refractivity contribution in [1.29, 1.82) is 0 Å². The van der Waals surface area contributed by atoms with Gasteiger partial charge in [0.2, 0.25) is 5.13 Å². The van der Waals surface area contributed by atoms with Crippen LogP contribution in [0.2, 0.25) is 0 Å². The molecule has 0 radical (unpaired) electrons. The first-order valence-electron chi connectivity index (χ1n) is 6.56. The van der Waals surface area contributed by atoms with E-state index < -0.39 is 5.97 Å². The molecule has 0 saturated heterocycles. The molecule has 2 rings (SSSR count). The molecule has 2 aromatic rings. The molecule has 7 nitrogen and oxygen atoms in total. The van der Waals surface area contributed by atoms with E-state index in [4.69, 9.17) is 0 Å². The van der Waals surface area contributed by atoms with E-state index >= 15 is 0 Å². The number of aromatic nitrogens is 5. The zero-order valence-electron chi connectivity index (χ0n) is 11.7. The van der Waals surface area contributed by atoms with Gasteiger partial charge in [-0.05, 0) is 12.8 Å². The summed E-state index contributed by atoms with van der Waals surface area (Å²) in [5.41, 5.74) is 0.588. The first kappa shape index (κ1) is 14.6. The lowest BCUT2D eigenvalue weighted by Crippen LogP contribution is -2.07.